The Hall–Kier alpha value is -0.780. The van der Waals surface area contributed by atoms with Crippen LogP contribution in [0.1, 0.15) is 13.3 Å². The number of allylic oxidation sites excluding steroid dienone is 5. The summed E-state index contributed by atoms with van der Waals surface area (Å²) in [5.41, 5.74) is 0. The van der Waals surface area contributed by atoms with Gasteiger partial charge in [-0.3, -0.25) is 0 Å². The topological polar surface area (TPSA) is 0 Å². The summed E-state index contributed by atoms with van der Waals surface area (Å²) in [6.07, 6.45) is 10.9. The van der Waals surface area contributed by atoms with Gasteiger partial charge in [0.2, 0.25) is 0 Å². The monoisotopic (exact) mass is 108 g/mol. The zero-order valence-electron chi connectivity index (χ0n) is 5.30. The smallest absolute Gasteiger partial charge is 0.0166 e. The maximum atomic E-state index is 3.55. The van der Waals surface area contributed by atoms with Crippen molar-refractivity contribution in [1.82, 2.24) is 0 Å². The Morgan fingerprint density at radius 1 is 1.38 bits per heavy atom. The van der Waals surface area contributed by atoms with Crippen molar-refractivity contribution in [3.8, 4) is 0 Å². The van der Waals surface area contributed by atoms with E-state index in [-0.39, 0.29) is 0 Å². The predicted molar refractivity (Wildman–Crippen MR) is 38.8 cm³/mol. The van der Waals surface area contributed by atoms with E-state index in [9.17, 15) is 0 Å². The van der Waals surface area contributed by atoms with E-state index >= 15 is 0 Å². The van der Waals surface area contributed by atoms with E-state index in [1.165, 1.54) is 0 Å². The molecule has 0 aromatic rings. The Morgan fingerprint density at radius 2 is 2.12 bits per heavy atom. The molecule has 0 bridgehead atoms. The van der Waals surface area contributed by atoms with Gasteiger partial charge in [-0.1, -0.05) is 37.0 Å². The van der Waals surface area contributed by atoms with Crippen LogP contribution in [0, 0.1) is 0 Å². The molecule has 0 aromatic heterocycles. The summed E-state index contributed by atoms with van der Waals surface area (Å²) < 4.78 is 0. The molecule has 0 spiro atoms. The molecule has 0 heteroatoms. The normalized spacial score (nSPS) is 11.1. The van der Waals surface area contributed by atoms with Crippen LogP contribution in [0.3, 0.4) is 0 Å². The largest absolute Gasteiger partial charge is 0.0991 e. The van der Waals surface area contributed by atoms with Crippen LogP contribution in [-0.2, 0) is 0 Å². The van der Waals surface area contributed by atoms with Gasteiger partial charge >= 0.3 is 0 Å². The van der Waals surface area contributed by atoms with Crippen molar-refractivity contribution in [2.75, 3.05) is 0 Å². The molecular formula is C8H12. The van der Waals surface area contributed by atoms with Gasteiger partial charge in [0, 0.05) is 0 Å². The van der Waals surface area contributed by atoms with Gasteiger partial charge in [0.15, 0.2) is 0 Å². The summed E-state index contributed by atoms with van der Waals surface area (Å²) in [5, 5.41) is 0. The van der Waals surface area contributed by atoms with E-state index in [0.29, 0.717) is 0 Å². The lowest BCUT2D eigenvalue weighted by atomic mass is 10.3. The number of rotatable bonds is 3. The average Bonchev–Trinajstić information content (AvgIpc) is 1.81. The number of hydrogen-bond donors (Lipinski definition) is 0. The van der Waals surface area contributed by atoms with Crippen molar-refractivity contribution < 1.29 is 0 Å². The molecule has 0 aliphatic heterocycles. The standard InChI is InChI=1S/C8H12/c1-3-5-7-8-6-4-2/h3-7H,1,8H2,2H3/b6-4-,7-5?. The van der Waals surface area contributed by atoms with Crippen LogP contribution < -0.4 is 0 Å². The predicted octanol–water partition coefficient (Wildman–Crippen LogP) is 2.69. The maximum absolute atomic E-state index is 3.55. The highest BCUT2D eigenvalue weighted by Crippen LogP contribution is 1.84. The van der Waals surface area contributed by atoms with Crippen molar-refractivity contribution in [2.45, 2.75) is 13.3 Å². The molecule has 44 valence electrons. The summed E-state index contributed by atoms with van der Waals surface area (Å²) in [4.78, 5) is 0. The zero-order valence-corrected chi connectivity index (χ0v) is 5.30. The van der Waals surface area contributed by atoms with Gasteiger partial charge in [-0.2, -0.15) is 0 Å². The third-order valence-electron chi connectivity index (χ3n) is 0.780. The van der Waals surface area contributed by atoms with Gasteiger partial charge in [-0.15, -0.1) is 0 Å². The van der Waals surface area contributed by atoms with E-state index in [0.717, 1.165) is 6.42 Å². The van der Waals surface area contributed by atoms with Gasteiger partial charge in [0.05, 0.1) is 0 Å². The van der Waals surface area contributed by atoms with Gasteiger partial charge < -0.3 is 0 Å². The second-order valence-corrected chi connectivity index (χ2v) is 1.47. The Bertz CT molecular complexity index is 96.6. The Kier molecular flexibility index (Phi) is 5.61. The highest BCUT2D eigenvalue weighted by molar-refractivity contribution is 5.00. The first-order chi connectivity index (χ1) is 3.91. The second kappa shape index (κ2) is 6.22. The van der Waals surface area contributed by atoms with Gasteiger partial charge in [-0.05, 0) is 13.3 Å². The zero-order chi connectivity index (χ0) is 6.24. The minimum Gasteiger partial charge on any atom is -0.0991 e. The third kappa shape index (κ3) is 5.22. The van der Waals surface area contributed by atoms with Crippen molar-refractivity contribution in [3.63, 3.8) is 0 Å². The van der Waals surface area contributed by atoms with Gasteiger partial charge in [0.1, 0.15) is 0 Å². The molecule has 0 rings (SSSR count). The molecule has 0 heterocycles. The first kappa shape index (κ1) is 7.22. The highest BCUT2D eigenvalue weighted by atomic mass is 13.7. The van der Waals surface area contributed by atoms with Crippen LogP contribution >= 0.6 is 0 Å². The molecule has 8 heavy (non-hydrogen) atoms. The minimum absolute atomic E-state index is 1.02. The second-order valence-electron chi connectivity index (χ2n) is 1.47. The first-order valence-corrected chi connectivity index (χ1v) is 2.80. The molecule has 0 unspecified atom stereocenters. The summed E-state index contributed by atoms with van der Waals surface area (Å²) in [6.45, 7) is 5.56. The van der Waals surface area contributed by atoms with Crippen LogP contribution in [0.15, 0.2) is 37.0 Å². The molecule has 0 atom stereocenters. The maximum Gasteiger partial charge on any atom is -0.0166 e. The van der Waals surface area contributed by atoms with Gasteiger partial charge in [-0.25, -0.2) is 0 Å². The van der Waals surface area contributed by atoms with Crippen LogP contribution in [0.2, 0.25) is 0 Å². The Labute approximate surface area is 51.2 Å². The van der Waals surface area contributed by atoms with E-state index in [1.807, 2.05) is 19.1 Å². The molecule has 0 saturated carbocycles. The lowest BCUT2D eigenvalue weighted by Gasteiger charge is -1.74. The minimum atomic E-state index is 1.02. The lowest BCUT2D eigenvalue weighted by molar-refractivity contribution is 1.38. The fourth-order valence-corrected chi connectivity index (χ4v) is 0.389. The van der Waals surface area contributed by atoms with Crippen LogP contribution in [-0.4, -0.2) is 0 Å². The van der Waals surface area contributed by atoms with E-state index in [1.54, 1.807) is 6.08 Å². The summed E-state index contributed by atoms with van der Waals surface area (Å²) in [6, 6.07) is 0. The molecule has 0 fully saturated rings. The molecule has 0 aliphatic rings. The number of hydrogen-bond acceptors (Lipinski definition) is 0. The van der Waals surface area contributed by atoms with Crippen molar-refractivity contribution in [2.24, 2.45) is 0 Å². The molecule has 0 aliphatic carbocycles. The average molecular weight is 108 g/mol. The third-order valence-corrected chi connectivity index (χ3v) is 0.780. The SMILES string of the molecule is C=CC=CC/C=C\C. The van der Waals surface area contributed by atoms with E-state index < -0.39 is 0 Å². The molecule has 0 aromatic carbocycles. The van der Waals surface area contributed by atoms with E-state index in [4.69, 9.17) is 0 Å². The Morgan fingerprint density at radius 3 is 2.62 bits per heavy atom. The molecule has 0 amide bonds. The summed E-state index contributed by atoms with van der Waals surface area (Å²) in [5.74, 6) is 0. The van der Waals surface area contributed by atoms with Crippen LogP contribution in [0.4, 0.5) is 0 Å². The molecule has 0 N–H and O–H groups in total. The molecular weight excluding hydrogens is 96.1 g/mol. The highest BCUT2D eigenvalue weighted by Gasteiger charge is 1.62. The first-order valence-electron chi connectivity index (χ1n) is 2.80. The summed E-state index contributed by atoms with van der Waals surface area (Å²) >= 11 is 0. The van der Waals surface area contributed by atoms with Crippen LogP contribution in [0.5, 0.6) is 0 Å². The van der Waals surface area contributed by atoms with Gasteiger partial charge in [0.25, 0.3) is 0 Å². The Balaban J connectivity index is 3.15. The molecule has 0 saturated heterocycles. The van der Waals surface area contributed by atoms with Crippen LogP contribution in [0.25, 0.3) is 0 Å². The fraction of sp³-hybridized carbons (Fsp3) is 0.250. The summed E-state index contributed by atoms with van der Waals surface area (Å²) in [7, 11) is 0. The van der Waals surface area contributed by atoms with Crippen molar-refractivity contribution in [1.29, 1.82) is 0 Å². The quantitative estimate of drug-likeness (QED) is 0.385. The fourth-order valence-electron chi connectivity index (χ4n) is 0.389. The molecule has 0 nitrogen and oxygen atoms in total. The lowest BCUT2D eigenvalue weighted by Crippen LogP contribution is -1.53. The van der Waals surface area contributed by atoms with Crippen molar-refractivity contribution >= 4 is 0 Å². The van der Waals surface area contributed by atoms with E-state index in [2.05, 4.69) is 18.7 Å². The molecule has 0 radical (unpaired) electrons. The van der Waals surface area contributed by atoms with Crippen molar-refractivity contribution in [3.05, 3.63) is 37.0 Å².